The van der Waals surface area contributed by atoms with Crippen LogP contribution in [0.1, 0.15) is 19.4 Å². The van der Waals surface area contributed by atoms with Crippen molar-refractivity contribution in [3.8, 4) is 5.75 Å². The van der Waals surface area contributed by atoms with Gasteiger partial charge >= 0.3 is 0 Å². The average Bonchev–Trinajstić information content (AvgIpc) is 2.95. The van der Waals surface area contributed by atoms with Gasteiger partial charge in [-0.05, 0) is 32.0 Å². The SMILES string of the molecule is COc1c(Cl)cccc1C(=NNC=O)C(C)(C)n1ccc(Cl)n1. The van der Waals surface area contributed by atoms with Gasteiger partial charge in [0.15, 0.2) is 5.15 Å². The minimum absolute atomic E-state index is 0.360. The molecule has 1 aromatic heterocycles. The number of amides is 1. The number of hydrogen-bond donors (Lipinski definition) is 1. The van der Waals surface area contributed by atoms with E-state index in [1.165, 1.54) is 7.11 Å². The number of hydrazone groups is 1. The van der Waals surface area contributed by atoms with Crippen LogP contribution in [0.5, 0.6) is 5.75 Å². The van der Waals surface area contributed by atoms with Crippen molar-refractivity contribution in [3.05, 3.63) is 46.2 Å². The van der Waals surface area contributed by atoms with Crippen LogP contribution >= 0.6 is 23.2 Å². The summed E-state index contributed by atoms with van der Waals surface area (Å²) in [5.41, 5.74) is 2.78. The summed E-state index contributed by atoms with van der Waals surface area (Å²) in [6, 6.07) is 6.97. The number of carbonyl (C=O) groups excluding carboxylic acids is 1. The first-order chi connectivity index (χ1) is 10.9. The van der Waals surface area contributed by atoms with Crippen molar-refractivity contribution in [1.29, 1.82) is 0 Å². The fraction of sp³-hybridized carbons (Fsp3) is 0.267. The van der Waals surface area contributed by atoms with E-state index >= 15 is 0 Å². The molecule has 0 fully saturated rings. The number of para-hydroxylation sites is 1. The summed E-state index contributed by atoms with van der Waals surface area (Å²) in [5.74, 6) is 0.465. The third kappa shape index (κ3) is 3.48. The standard InChI is InChI=1S/C15H16Cl2N4O2/c1-15(2,21-8-7-12(17)20-21)14(19-18-9-22)10-5-4-6-11(16)13(10)23-3/h4-9H,1-3H3,(H,18,22). The van der Waals surface area contributed by atoms with Crippen LogP contribution in [0.3, 0.4) is 0 Å². The van der Waals surface area contributed by atoms with Crippen LogP contribution in [-0.4, -0.2) is 29.0 Å². The molecule has 0 unspecified atom stereocenters. The molecule has 8 heteroatoms. The van der Waals surface area contributed by atoms with Crippen LogP contribution in [0.4, 0.5) is 0 Å². The fourth-order valence-corrected chi connectivity index (χ4v) is 2.63. The summed E-state index contributed by atoms with van der Waals surface area (Å²) in [6.45, 7) is 3.78. The molecule has 2 aromatic rings. The third-order valence-corrected chi connectivity index (χ3v) is 3.86. The third-order valence-electron chi connectivity index (χ3n) is 3.36. The van der Waals surface area contributed by atoms with Gasteiger partial charge in [0.2, 0.25) is 6.41 Å². The van der Waals surface area contributed by atoms with Crippen molar-refractivity contribution in [3.63, 3.8) is 0 Å². The lowest BCUT2D eigenvalue weighted by Crippen LogP contribution is -2.38. The van der Waals surface area contributed by atoms with E-state index in [0.29, 0.717) is 33.6 Å². The maximum Gasteiger partial charge on any atom is 0.227 e. The lowest BCUT2D eigenvalue weighted by Gasteiger charge is -2.28. The van der Waals surface area contributed by atoms with Crippen molar-refractivity contribution in [2.45, 2.75) is 19.4 Å². The molecule has 0 aliphatic heterocycles. The summed E-state index contributed by atoms with van der Waals surface area (Å²) in [5, 5.41) is 9.20. The summed E-state index contributed by atoms with van der Waals surface area (Å²) in [6.07, 6.45) is 2.22. The number of benzene rings is 1. The lowest BCUT2D eigenvalue weighted by molar-refractivity contribution is -0.109. The number of nitrogens with zero attached hydrogens (tertiary/aromatic N) is 3. The number of carbonyl (C=O) groups is 1. The Morgan fingerprint density at radius 3 is 2.70 bits per heavy atom. The molecule has 0 spiro atoms. The van der Waals surface area contributed by atoms with Crippen molar-refractivity contribution in [2.75, 3.05) is 7.11 Å². The summed E-state index contributed by atoms with van der Waals surface area (Å²) < 4.78 is 7.04. The fourth-order valence-electron chi connectivity index (χ4n) is 2.24. The zero-order valence-electron chi connectivity index (χ0n) is 12.9. The predicted octanol–water partition coefficient (Wildman–Crippen LogP) is 3.08. The van der Waals surface area contributed by atoms with E-state index in [2.05, 4.69) is 15.6 Å². The Balaban J connectivity index is 2.63. The number of aromatic nitrogens is 2. The van der Waals surface area contributed by atoms with Gasteiger partial charge in [-0.25, -0.2) is 5.43 Å². The maximum absolute atomic E-state index is 10.7. The van der Waals surface area contributed by atoms with Crippen LogP contribution < -0.4 is 10.2 Å². The van der Waals surface area contributed by atoms with Crippen LogP contribution in [0, 0.1) is 0 Å². The van der Waals surface area contributed by atoms with Gasteiger partial charge in [0.1, 0.15) is 11.3 Å². The van der Waals surface area contributed by atoms with Crippen LogP contribution in [0.2, 0.25) is 10.2 Å². The Labute approximate surface area is 144 Å². The molecule has 0 saturated heterocycles. The molecule has 1 amide bonds. The Morgan fingerprint density at radius 2 is 2.13 bits per heavy atom. The van der Waals surface area contributed by atoms with E-state index in [-0.39, 0.29) is 0 Å². The van der Waals surface area contributed by atoms with Gasteiger partial charge in [-0.3, -0.25) is 9.48 Å². The molecule has 6 nitrogen and oxygen atoms in total. The molecule has 1 aromatic carbocycles. The van der Waals surface area contributed by atoms with Gasteiger partial charge in [-0.15, -0.1) is 0 Å². The highest BCUT2D eigenvalue weighted by Gasteiger charge is 2.32. The van der Waals surface area contributed by atoms with Gasteiger partial charge in [-0.1, -0.05) is 29.3 Å². The Kier molecular flexibility index (Phi) is 5.28. The second kappa shape index (κ2) is 7.02. The lowest BCUT2D eigenvalue weighted by atomic mass is 9.91. The van der Waals surface area contributed by atoms with Crippen molar-refractivity contribution >= 4 is 35.3 Å². The highest BCUT2D eigenvalue weighted by Crippen LogP contribution is 2.33. The molecule has 0 bridgehead atoms. The Morgan fingerprint density at radius 1 is 1.39 bits per heavy atom. The molecule has 0 radical (unpaired) electrons. The normalized spacial score (nSPS) is 12.1. The van der Waals surface area contributed by atoms with Crippen molar-refractivity contribution < 1.29 is 9.53 Å². The minimum atomic E-state index is -0.721. The smallest absolute Gasteiger partial charge is 0.227 e. The maximum atomic E-state index is 10.7. The number of methoxy groups -OCH3 is 1. The van der Waals surface area contributed by atoms with Crippen LogP contribution in [-0.2, 0) is 10.3 Å². The molecule has 0 aliphatic rings. The molecular weight excluding hydrogens is 339 g/mol. The van der Waals surface area contributed by atoms with Crippen LogP contribution in [0.25, 0.3) is 0 Å². The van der Waals surface area contributed by atoms with E-state index in [4.69, 9.17) is 27.9 Å². The molecule has 1 heterocycles. The summed E-state index contributed by atoms with van der Waals surface area (Å²) >= 11 is 12.1. The Bertz CT molecular complexity index is 741. The van der Waals surface area contributed by atoms with E-state index in [1.54, 1.807) is 29.1 Å². The van der Waals surface area contributed by atoms with E-state index < -0.39 is 5.54 Å². The highest BCUT2D eigenvalue weighted by molar-refractivity contribution is 6.33. The summed E-state index contributed by atoms with van der Waals surface area (Å²) in [4.78, 5) is 10.7. The van der Waals surface area contributed by atoms with Gasteiger partial charge in [0, 0.05) is 11.8 Å². The molecule has 1 N–H and O–H groups in total. The van der Waals surface area contributed by atoms with Gasteiger partial charge in [0.25, 0.3) is 0 Å². The first kappa shape index (κ1) is 17.3. The highest BCUT2D eigenvalue weighted by atomic mass is 35.5. The molecule has 0 aliphatic carbocycles. The van der Waals surface area contributed by atoms with E-state index in [9.17, 15) is 4.79 Å². The molecule has 23 heavy (non-hydrogen) atoms. The average molecular weight is 355 g/mol. The molecular formula is C15H16Cl2N4O2. The minimum Gasteiger partial charge on any atom is -0.494 e. The van der Waals surface area contributed by atoms with E-state index in [1.807, 2.05) is 19.9 Å². The number of nitrogens with one attached hydrogen (secondary N) is 1. The van der Waals surface area contributed by atoms with Gasteiger partial charge in [-0.2, -0.15) is 10.2 Å². The second-order valence-corrected chi connectivity index (χ2v) is 5.96. The molecule has 0 saturated carbocycles. The zero-order valence-corrected chi connectivity index (χ0v) is 14.4. The summed E-state index contributed by atoms with van der Waals surface area (Å²) in [7, 11) is 1.52. The monoisotopic (exact) mass is 354 g/mol. The van der Waals surface area contributed by atoms with Crippen molar-refractivity contribution in [2.24, 2.45) is 5.10 Å². The first-order valence-electron chi connectivity index (χ1n) is 6.73. The van der Waals surface area contributed by atoms with Gasteiger partial charge in [0.05, 0.1) is 17.8 Å². The van der Waals surface area contributed by atoms with Gasteiger partial charge < -0.3 is 4.74 Å². The number of rotatable bonds is 6. The predicted molar refractivity (Wildman–Crippen MR) is 90.3 cm³/mol. The second-order valence-electron chi connectivity index (χ2n) is 5.17. The van der Waals surface area contributed by atoms with E-state index in [0.717, 1.165) is 0 Å². The first-order valence-corrected chi connectivity index (χ1v) is 7.49. The van der Waals surface area contributed by atoms with Crippen molar-refractivity contribution in [1.82, 2.24) is 15.2 Å². The number of halogens is 2. The number of hydrogen-bond acceptors (Lipinski definition) is 4. The van der Waals surface area contributed by atoms with Crippen LogP contribution in [0.15, 0.2) is 35.6 Å². The number of ether oxygens (including phenoxy) is 1. The molecule has 0 atom stereocenters. The molecule has 122 valence electrons. The topological polar surface area (TPSA) is 68.5 Å². The zero-order chi connectivity index (χ0) is 17.0. The molecule has 2 rings (SSSR count). The quantitative estimate of drug-likeness (QED) is 0.492. The largest absolute Gasteiger partial charge is 0.494 e. The Hall–Kier alpha value is -2.05.